The van der Waals surface area contributed by atoms with Crippen molar-refractivity contribution in [1.29, 1.82) is 0 Å². The van der Waals surface area contributed by atoms with Crippen molar-refractivity contribution in [1.82, 2.24) is 10.6 Å². The van der Waals surface area contributed by atoms with Crippen molar-refractivity contribution in [2.45, 2.75) is 45.4 Å². The van der Waals surface area contributed by atoms with Crippen molar-refractivity contribution in [2.75, 3.05) is 13.2 Å². The monoisotopic (exact) mass is 398 g/mol. The third kappa shape index (κ3) is 8.53. The van der Waals surface area contributed by atoms with Crippen LogP contribution >= 0.6 is 12.2 Å². The van der Waals surface area contributed by atoms with Gasteiger partial charge in [0.25, 0.3) is 5.91 Å². The Morgan fingerprint density at radius 3 is 2.39 bits per heavy atom. The SMILES string of the molecule is CCCCCCCNC(=S)NC(=O)c1ccc(OCCc2ccccc2)cc1. The van der Waals surface area contributed by atoms with E-state index in [1.807, 2.05) is 30.3 Å². The van der Waals surface area contributed by atoms with Gasteiger partial charge in [0.05, 0.1) is 6.61 Å². The summed E-state index contributed by atoms with van der Waals surface area (Å²) in [5, 5.41) is 6.19. The lowest BCUT2D eigenvalue weighted by atomic mass is 10.1. The minimum Gasteiger partial charge on any atom is -0.493 e. The maximum absolute atomic E-state index is 12.3. The maximum Gasteiger partial charge on any atom is 0.257 e. The highest BCUT2D eigenvalue weighted by Crippen LogP contribution is 2.13. The number of thiocarbonyl (C=S) groups is 1. The molecular formula is C23H30N2O2S. The highest BCUT2D eigenvalue weighted by molar-refractivity contribution is 7.80. The Morgan fingerprint density at radius 1 is 0.964 bits per heavy atom. The van der Waals surface area contributed by atoms with E-state index in [1.54, 1.807) is 12.1 Å². The number of unbranched alkanes of at least 4 members (excludes halogenated alkanes) is 4. The number of nitrogens with one attached hydrogen (secondary N) is 2. The molecule has 28 heavy (non-hydrogen) atoms. The van der Waals surface area contributed by atoms with Crippen LogP contribution in [0.1, 0.15) is 54.9 Å². The number of carbonyl (C=O) groups excluding carboxylic acids is 1. The van der Waals surface area contributed by atoms with Crippen LogP contribution in [-0.4, -0.2) is 24.2 Å². The van der Waals surface area contributed by atoms with E-state index in [0.29, 0.717) is 17.3 Å². The van der Waals surface area contributed by atoms with Gasteiger partial charge < -0.3 is 10.1 Å². The Balaban J connectivity index is 1.67. The topological polar surface area (TPSA) is 50.4 Å². The fourth-order valence-electron chi connectivity index (χ4n) is 2.78. The van der Waals surface area contributed by atoms with Gasteiger partial charge in [-0.25, -0.2) is 0 Å². The Kier molecular flexibility index (Phi) is 10.1. The van der Waals surface area contributed by atoms with Gasteiger partial charge >= 0.3 is 0 Å². The van der Waals surface area contributed by atoms with Gasteiger partial charge in [0, 0.05) is 18.5 Å². The summed E-state index contributed by atoms with van der Waals surface area (Å²) in [5.74, 6) is 0.541. The van der Waals surface area contributed by atoms with Crippen LogP contribution in [0.25, 0.3) is 0 Å². The highest BCUT2D eigenvalue weighted by atomic mass is 32.1. The number of carbonyl (C=O) groups is 1. The Hall–Kier alpha value is -2.40. The Bertz CT molecular complexity index is 717. The third-order valence-electron chi connectivity index (χ3n) is 4.41. The lowest BCUT2D eigenvalue weighted by Crippen LogP contribution is -2.39. The fraction of sp³-hybridized carbons (Fsp3) is 0.391. The molecule has 0 saturated carbocycles. The summed E-state index contributed by atoms with van der Waals surface area (Å²) in [6.07, 6.45) is 6.85. The van der Waals surface area contributed by atoms with Crippen LogP contribution in [0.3, 0.4) is 0 Å². The van der Waals surface area contributed by atoms with E-state index in [0.717, 1.165) is 25.1 Å². The van der Waals surface area contributed by atoms with E-state index < -0.39 is 0 Å². The Morgan fingerprint density at radius 2 is 1.68 bits per heavy atom. The quantitative estimate of drug-likeness (QED) is 0.418. The van der Waals surface area contributed by atoms with Crippen LogP contribution in [0.2, 0.25) is 0 Å². The van der Waals surface area contributed by atoms with E-state index >= 15 is 0 Å². The molecule has 5 heteroatoms. The largest absolute Gasteiger partial charge is 0.493 e. The minimum absolute atomic E-state index is 0.209. The molecule has 0 heterocycles. The molecule has 2 aromatic rings. The second-order valence-electron chi connectivity index (χ2n) is 6.73. The molecule has 0 saturated heterocycles. The van der Waals surface area contributed by atoms with Crippen LogP contribution in [0.4, 0.5) is 0 Å². The first-order chi connectivity index (χ1) is 13.7. The summed E-state index contributed by atoms with van der Waals surface area (Å²) < 4.78 is 5.75. The average molecular weight is 399 g/mol. The lowest BCUT2D eigenvalue weighted by molar-refractivity contribution is 0.0976. The molecule has 0 aliphatic rings. The van der Waals surface area contributed by atoms with Gasteiger partial charge in [-0.3, -0.25) is 10.1 Å². The lowest BCUT2D eigenvalue weighted by Gasteiger charge is -2.10. The molecule has 0 unspecified atom stereocenters. The maximum atomic E-state index is 12.3. The van der Waals surface area contributed by atoms with Crippen molar-refractivity contribution in [3.63, 3.8) is 0 Å². The molecule has 4 nitrogen and oxygen atoms in total. The van der Waals surface area contributed by atoms with Crippen molar-refractivity contribution in [3.05, 3.63) is 65.7 Å². The zero-order valence-electron chi connectivity index (χ0n) is 16.6. The van der Waals surface area contributed by atoms with E-state index in [2.05, 4.69) is 29.7 Å². The van der Waals surface area contributed by atoms with Gasteiger partial charge in [0.2, 0.25) is 0 Å². The zero-order chi connectivity index (χ0) is 20.0. The molecule has 0 atom stereocenters. The standard InChI is InChI=1S/C23H30N2O2S/c1-2-3-4-5-9-17-24-23(28)25-22(26)20-12-14-21(15-13-20)27-18-16-19-10-7-6-8-11-19/h6-8,10-15H,2-5,9,16-18H2,1H3,(H2,24,25,26,28). The smallest absolute Gasteiger partial charge is 0.257 e. The Labute approximate surface area is 173 Å². The molecule has 0 aliphatic heterocycles. The summed E-state index contributed by atoms with van der Waals surface area (Å²) in [7, 11) is 0. The molecule has 2 rings (SSSR count). The number of hydrogen-bond acceptors (Lipinski definition) is 3. The van der Waals surface area contributed by atoms with Gasteiger partial charge in [-0.15, -0.1) is 0 Å². The van der Waals surface area contributed by atoms with Crippen molar-refractivity contribution in [2.24, 2.45) is 0 Å². The first-order valence-corrected chi connectivity index (χ1v) is 10.5. The summed E-state index contributed by atoms with van der Waals surface area (Å²) in [5.41, 5.74) is 1.80. The zero-order valence-corrected chi connectivity index (χ0v) is 17.4. The summed E-state index contributed by atoms with van der Waals surface area (Å²) in [4.78, 5) is 12.3. The molecule has 0 aliphatic carbocycles. The summed E-state index contributed by atoms with van der Waals surface area (Å²) >= 11 is 5.19. The van der Waals surface area contributed by atoms with Gasteiger partial charge in [-0.2, -0.15) is 0 Å². The molecule has 1 amide bonds. The normalized spacial score (nSPS) is 10.3. The predicted octanol–water partition coefficient (Wildman–Crippen LogP) is 4.88. The van der Waals surface area contributed by atoms with Gasteiger partial charge in [-0.05, 0) is 48.5 Å². The molecule has 2 N–H and O–H groups in total. The first-order valence-electron chi connectivity index (χ1n) is 10.0. The van der Waals surface area contributed by atoms with E-state index in [1.165, 1.54) is 31.2 Å². The fourth-order valence-corrected chi connectivity index (χ4v) is 2.98. The molecule has 0 bridgehead atoms. The van der Waals surface area contributed by atoms with Gasteiger partial charge in [0.15, 0.2) is 5.11 Å². The molecular weight excluding hydrogens is 368 g/mol. The molecule has 0 radical (unpaired) electrons. The summed E-state index contributed by atoms with van der Waals surface area (Å²) in [6, 6.07) is 17.3. The highest BCUT2D eigenvalue weighted by Gasteiger charge is 2.07. The number of benzene rings is 2. The number of ether oxygens (including phenoxy) is 1. The van der Waals surface area contributed by atoms with Crippen molar-refractivity contribution >= 4 is 23.2 Å². The van der Waals surface area contributed by atoms with Crippen LogP contribution in [0.15, 0.2) is 54.6 Å². The predicted molar refractivity (Wildman–Crippen MR) is 119 cm³/mol. The van der Waals surface area contributed by atoms with E-state index in [-0.39, 0.29) is 5.91 Å². The second-order valence-corrected chi connectivity index (χ2v) is 7.14. The van der Waals surface area contributed by atoms with Gasteiger partial charge in [-0.1, -0.05) is 62.9 Å². The minimum atomic E-state index is -0.209. The first kappa shape index (κ1) is 21.9. The molecule has 2 aromatic carbocycles. The second kappa shape index (κ2) is 12.9. The molecule has 0 aromatic heterocycles. The molecule has 150 valence electrons. The van der Waals surface area contributed by atoms with Crippen LogP contribution in [0.5, 0.6) is 5.75 Å². The number of amides is 1. The van der Waals surface area contributed by atoms with Crippen LogP contribution in [-0.2, 0) is 6.42 Å². The summed E-state index contributed by atoms with van der Waals surface area (Å²) in [6.45, 7) is 3.59. The number of rotatable bonds is 11. The number of hydrogen-bond donors (Lipinski definition) is 2. The third-order valence-corrected chi connectivity index (χ3v) is 4.66. The van der Waals surface area contributed by atoms with Crippen LogP contribution < -0.4 is 15.4 Å². The van der Waals surface area contributed by atoms with Crippen LogP contribution in [0, 0.1) is 0 Å². The van der Waals surface area contributed by atoms with E-state index in [4.69, 9.17) is 17.0 Å². The van der Waals surface area contributed by atoms with E-state index in [9.17, 15) is 4.79 Å². The average Bonchev–Trinajstić information content (AvgIpc) is 2.72. The molecule has 0 fully saturated rings. The van der Waals surface area contributed by atoms with Crippen molar-refractivity contribution < 1.29 is 9.53 Å². The molecule has 0 spiro atoms. The van der Waals surface area contributed by atoms with Gasteiger partial charge in [0.1, 0.15) is 5.75 Å². The van der Waals surface area contributed by atoms with Crippen molar-refractivity contribution in [3.8, 4) is 5.75 Å².